The van der Waals surface area contributed by atoms with Gasteiger partial charge in [-0.2, -0.15) is 0 Å². The maximum absolute atomic E-state index is 5.85. The Kier molecular flexibility index (Phi) is 2.98. The Morgan fingerprint density at radius 3 is 2.87 bits per heavy atom. The van der Waals surface area contributed by atoms with Gasteiger partial charge in [0.25, 0.3) is 0 Å². The summed E-state index contributed by atoms with van der Waals surface area (Å²) in [6.45, 7) is 2.01. The van der Waals surface area contributed by atoms with Gasteiger partial charge < -0.3 is 4.57 Å². The van der Waals surface area contributed by atoms with Crippen molar-refractivity contribution >= 4 is 23.4 Å². The van der Waals surface area contributed by atoms with E-state index >= 15 is 0 Å². The fourth-order valence-corrected chi connectivity index (χ4v) is 2.26. The Balaban J connectivity index is 2.32. The van der Waals surface area contributed by atoms with Crippen LogP contribution in [0.2, 0.25) is 5.15 Å². The SMILES string of the molecule is Cc1cnc(Cl)cc1Sc1nccn1C. The zero-order valence-electron chi connectivity index (χ0n) is 8.44. The molecule has 2 aromatic heterocycles. The molecule has 0 bridgehead atoms. The molecule has 0 spiro atoms. The second kappa shape index (κ2) is 4.24. The van der Waals surface area contributed by atoms with E-state index in [-0.39, 0.29) is 0 Å². The maximum Gasteiger partial charge on any atom is 0.172 e. The highest BCUT2D eigenvalue weighted by Gasteiger charge is 2.06. The number of pyridine rings is 1. The van der Waals surface area contributed by atoms with Gasteiger partial charge in [0.1, 0.15) is 5.15 Å². The summed E-state index contributed by atoms with van der Waals surface area (Å²) in [5, 5.41) is 1.46. The number of halogens is 1. The van der Waals surface area contributed by atoms with Crippen molar-refractivity contribution in [2.75, 3.05) is 0 Å². The van der Waals surface area contributed by atoms with E-state index in [2.05, 4.69) is 9.97 Å². The zero-order valence-corrected chi connectivity index (χ0v) is 10.0. The van der Waals surface area contributed by atoms with Crippen LogP contribution >= 0.6 is 23.4 Å². The molecule has 15 heavy (non-hydrogen) atoms. The largest absolute Gasteiger partial charge is 0.329 e. The van der Waals surface area contributed by atoms with Gasteiger partial charge >= 0.3 is 0 Å². The van der Waals surface area contributed by atoms with Crippen LogP contribution in [0.4, 0.5) is 0 Å². The van der Waals surface area contributed by atoms with Crippen molar-refractivity contribution in [2.45, 2.75) is 17.0 Å². The number of hydrogen-bond donors (Lipinski definition) is 0. The normalized spacial score (nSPS) is 10.6. The van der Waals surface area contributed by atoms with Crippen LogP contribution in [0.5, 0.6) is 0 Å². The van der Waals surface area contributed by atoms with E-state index in [1.54, 1.807) is 24.2 Å². The molecular formula is C10H10ClN3S. The molecular weight excluding hydrogens is 230 g/mol. The van der Waals surface area contributed by atoms with Crippen molar-refractivity contribution in [1.29, 1.82) is 0 Å². The van der Waals surface area contributed by atoms with Gasteiger partial charge in [0.05, 0.1) is 0 Å². The summed E-state index contributed by atoms with van der Waals surface area (Å²) in [6, 6.07) is 1.86. The third-order valence-electron chi connectivity index (χ3n) is 2.00. The molecule has 5 heteroatoms. The molecule has 0 saturated heterocycles. The van der Waals surface area contributed by atoms with Crippen LogP contribution in [0.1, 0.15) is 5.56 Å². The van der Waals surface area contributed by atoms with E-state index in [9.17, 15) is 0 Å². The van der Waals surface area contributed by atoms with E-state index in [0.717, 1.165) is 15.6 Å². The molecule has 0 saturated carbocycles. The number of nitrogens with zero attached hydrogens (tertiary/aromatic N) is 3. The first kappa shape index (κ1) is 10.5. The van der Waals surface area contributed by atoms with Gasteiger partial charge in [-0.3, -0.25) is 0 Å². The molecule has 0 amide bonds. The van der Waals surface area contributed by atoms with Gasteiger partial charge in [0.2, 0.25) is 0 Å². The fraction of sp³-hybridized carbons (Fsp3) is 0.200. The van der Waals surface area contributed by atoms with Crippen LogP contribution < -0.4 is 0 Å². The molecule has 0 aliphatic carbocycles. The lowest BCUT2D eigenvalue weighted by atomic mass is 10.3. The highest BCUT2D eigenvalue weighted by Crippen LogP contribution is 2.29. The van der Waals surface area contributed by atoms with Crippen molar-refractivity contribution in [1.82, 2.24) is 14.5 Å². The number of aromatic nitrogens is 3. The highest BCUT2D eigenvalue weighted by molar-refractivity contribution is 7.99. The predicted molar refractivity (Wildman–Crippen MR) is 61.3 cm³/mol. The molecule has 0 unspecified atom stereocenters. The zero-order chi connectivity index (χ0) is 10.8. The second-order valence-electron chi connectivity index (χ2n) is 3.20. The minimum absolute atomic E-state index is 0.511. The minimum atomic E-state index is 0.511. The van der Waals surface area contributed by atoms with Gasteiger partial charge in [-0.05, 0) is 18.6 Å². The molecule has 2 aromatic rings. The molecule has 0 radical (unpaired) electrons. The van der Waals surface area contributed by atoms with Crippen molar-refractivity contribution in [2.24, 2.45) is 7.05 Å². The summed E-state index contributed by atoms with van der Waals surface area (Å²) in [7, 11) is 1.97. The van der Waals surface area contributed by atoms with Crippen LogP contribution in [-0.2, 0) is 7.05 Å². The summed E-state index contributed by atoms with van der Waals surface area (Å²) in [5.41, 5.74) is 1.10. The van der Waals surface area contributed by atoms with Gasteiger partial charge in [0, 0.05) is 30.5 Å². The monoisotopic (exact) mass is 239 g/mol. The molecule has 0 aromatic carbocycles. The number of hydrogen-bond acceptors (Lipinski definition) is 3. The summed E-state index contributed by atoms with van der Waals surface area (Å²) in [4.78, 5) is 9.35. The maximum atomic E-state index is 5.85. The molecule has 3 nitrogen and oxygen atoms in total. The standard InChI is InChI=1S/C10H10ClN3S/c1-7-6-13-9(11)5-8(7)15-10-12-3-4-14(10)2/h3-6H,1-2H3. The quantitative estimate of drug-likeness (QED) is 0.755. The van der Waals surface area contributed by atoms with E-state index in [4.69, 9.17) is 11.6 Å². The topological polar surface area (TPSA) is 30.7 Å². The van der Waals surface area contributed by atoms with E-state index < -0.39 is 0 Å². The van der Waals surface area contributed by atoms with Crippen molar-refractivity contribution < 1.29 is 0 Å². The van der Waals surface area contributed by atoms with Crippen molar-refractivity contribution in [3.63, 3.8) is 0 Å². The van der Waals surface area contributed by atoms with Gasteiger partial charge in [-0.1, -0.05) is 23.4 Å². The molecule has 0 atom stereocenters. The third kappa shape index (κ3) is 2.33. The van der Waals surface area contributed by atoms with E-state index in [1.807, 2.05) is 30.8 Å². The number of aryl methyl sites for hydroxylation is 2. The minimum Gasteiger partial charge on any atom is -0.329 e. The summed E-state index contributed by atoms with van der Waals surface area (Å²) < 4.78 is 1.97. The van der Waals surface area contributed by atoms with E-state index in [0.29, 0.717) is 5.15 Å². The molecule has 2 rings (SSSR count). The number of rotatable bonds is 2. The first-order valence-electron chi connectivity index (χ1n) is 4.44. The lowest BCUT2D eigenvalue weighted by molar-refractivity contribution is 0.790. The van der Waals surface area contributed by atoms with E-state index in [1.165, 1.54) is 0 Å². The molecule has 78 valence electrons. The predicted octanol–water partition coefficient (Wildman–Crippen LogP) is 2.93. The third-order valence-corrected chi connectivity index (χ3v) is 3.44. The Morgan fingerprint density at radius 1 is 1.40 bits per heavy atom. The molecule has 0 aliphatic heterocycles. The van der Waals surface area contributed by atoms with Crippen LogP contribution in [0.15, 0.2) is 34.7 Å². The van der Waals surface area contributed by atoms with Crippen molar-refractivity contribution in [3.8, 4) is 0 Å². The fourth-order valence-electron chi connectivity index (χ4n) is 1.14. The summed E-state index contributed by atoms with van der Waals surface area (Å²) in [6.07, 6.45) is 5.47. The average Bonchev–Trinajstić information content (AvgIpc) is 2.58. The van der Waals surface area contributed by atoms with Crippen LogP contribution in [0.25, 0.3) is 0 Å². The van der Waals surface area contributed by atoms with Crippen molar-refractivity contribution in [3.05, 3.63) is 35.4 Å². The Bertz CT molecular complexity index is 481. The molecule has 0 fully saturated rings. The Morgan fingerprint density at radius 2 is 2.20 bits per heavy atom. The lowest BCUT2D eigenvalue weighted by Gasteiger charge is -2.04. The summed E-state index contributed by atoms with van der Waals surface area (Å²) in [5.74, 6) is 0. The molecule has 0 aliphatic rings. The molecule has 2 heterocycles. The smallest absolute Gasteiger partial charge is 0.172 e. The van der Waals surface area contributed by atoms with Gasteiger partial charge in [-0.15, -0.1) is 0 Å². The first-order valence-corrected chi connectivity index (χ1v) is 5.63. The summed E-state index contributed by atoms with van der Waals surface area (Å²) >= 11 is 7.43. The highest BCUT2D eigenvalue weighted by atomic mass is 35.5. The first-order chi connectivity index (χ1) is 7.16. The van der Waals surface area contributed by atoms with Crippen LogP contribution in [0.3, 0.4) is 0 Å². The van der Waals surface area contributed by atoms with Gasteiger partial charge in [-0.25, -0.2) is 9.97 Å². The molecule has 0 N–H and O–H groups in total. The lowest BCUT2D eigenvalue weighted by Crippen LogP contribution is -1.90. The Hall–Kier alpha value is -1.00. The van der Waals surface area contributed by atoms with Crippen LogP contribution in [0, 0.1) is 6.92 Å². The number of imidazole rings is 1. The van der Waals surface area contributed by atoms with Crippen LogP contribution in [-0.4, -0.2) is 14.5 Å². The van der Waals surface area contributed by atoms with Gasteiger partial charge in [0.15, 0.2) is 5.16 Å². The average molecular weight is 240 g/mol. The second-order valence-corrected chi connectivity index (χ2v) is 4.59. The Labute approximate surface area is 97.5 Å².